The van der Waals surface area contributed by atoms with Crippen LogP contribution in [0.1, 0.15) is 11.3 Å². The third kappa shape index (κ3) is 2.40. The minimum atomic E-state index is 0.497. The maximum absolute atomic E-state index is 5.53. The van der Waals surface area contributed by atoms with E-state index < -0.39 is 0 Å². The van der Waals surface area contributed by atoms with Crippen LogP contribution in [0, 0.1) is 0 Å². The Morgan fingerprint density at radius 3 is 2.94 bits per heavy atom. The number of hydrogen-bond donors (Lipinski definition) is 1. The van der Waals surface area contributed by atoms with E-state index in [9.17, 15) is 0 Å². The average molecular weight is 237 g/mol. The quantitative estimate of drug-likeness (QED) is 0.861. The first-order valence-corrected chi connectivity index (χ1v) is 5.90. The van der Waals surface area contributed by atoms with Crippen molar-refractivity contribution in [2.24, 2.45) is 12.8 Å². The van der Waals surface area contributed by atoms with Gasteiger partial charge in [0.25, 0.3) is 0 Å². The van der Waals surface area contributed by atoms with Gasteiger partial charge in [-0.05, 0) is 0 Å². The van der Waals surface area contributed by atoms with Crippen LogP contribution in [0.3, 0.4) is 0 Å². The first-order chi connectivity index (χ1) is 7.69. The summed E-state index contributed by atoms with van der Waals surface area (Å²) in [7, 11) is 3.94. The topological polar surface area (TPSA) is 60.0 Å². The summed E-state index contributed by atoms with van der Waals surface area (Å²) in [5, 5.41) is 7.12. The molecule has 2 rings (SSSR count). The van der Waals surface area contributed by atoms with Gasteiger partial charge in [0.1, 0.15) is 0 Å². The van der Waals surface area contributed by atoms with Crippen molar-refractivity contribution in [2.45, 2.75) is 13.1 Å². The number of hydrogen-bond acceptors (Lipinski definition) is 5. The Hall–Kier alpha value is -1.40. The van der Waals surface area contributed by atoms with E-state index in [0.717, 1.165) is 17.4 Å². The molecule has 0 saturated heterocycles. The molecule has 2 N–H and O–H groups in total. The van der Waals surface area contributed by atoms with E-state index in [1.54, 1.807) is 16.0 Å². The highest BCUT2D eigenvalue weighted by atomic mass is 32.1. The number of rotatable bonds is 4. The molecule has 0 aromatic carbocycles. The van der Waals surface area contributed by atoms with Crippen molar-refractivity contribution in [3.63, 3.8) is 0 Å². The SMILES string of the molecule is CN(Cc1cnn(C)c1)c1nc(CN)cs1. The molecule has 0 bridgehead atoms. The molecular weight excluding hydrogens is 222 g/mol. The second-order valence-electron chi connectivity index (χ2n) is 3.70. The standard InChI is InChI=1S/C10H15N5S/c1-14(5-8-4-12-15(2)6-8)10-13-9(3-11)7-16-10/h4,6-7H,3,5,11H2,1-2H3. The van der Waals surface area contributed by atoms with Crippen LogP contribution in [-0.4, -0.2) is 21.8 Å². The van der Waals surface area contributed by atoms with E-state index in [-0.39, 0.29) is 0 Å². The Balaban J connectivity index is 2.05. The lowest BCUT2D eigenvalue weighted by atomic mass is 10.3. The maximum Gasteiger partial charge on any atom is 0.185 e. The molecule has 6 heteroatoms. The highest BCUT2D eigenvalue weighted by Crippen LogP contribution is 2.20. The number of nitrogens with two attached hydrogens (primary N) is 1. The van der Waals surface area contributed by atoms with Crippen molar-refractivity contribution in [3.8, 4) is 0 Å². The largest absolute Gasteiger partial charge is 0.347 e. The lowest BCUT2D eigenvalue weighted by molar-refractivity contribution is 0.766. The van der Waals surface area contributed by atoms with Gasteiger partial charge in [-0.25, -0.2) is 4.98 Å². The first-order valence-electron chi connectivity index (χ1n) is 5.02. The van der Waals surface area contributed by atoms with Crippen molar-refractivity contribution >= 4 is 16.5 Å². The highest BCUT2D eigenvalue weighted by Gasteiger charge is 2.07. The number of aryl methyl sites for hydroxylation is 1. The third-order valence-corrected chi connectivity index (χ3v) is 3.26. The summed E-state index contributed by atoms with van der Waals surface area (Å²) in [5.74, 6) is 0. The monoisotopic (exact) mass is 237 g/mol. The van der Waals surface area contributed by atoms with Gasteiger partial charge in [-0.1, -0.05) is 0 Å². The molecule has 0 fully saturated rings. The van der Waals surface area contributed by atoms with Crippen LogP contribution in [-0.2, 0) is 20.1 Å². The van der Waals surface area contributed by atoms with Crippen LogP contribution in [0.15, 0.2) is 17.8 Å². The molecule has 0 radical (unpaired) electrons. The van der Waals surface area contributed by atoms with E-state index in [1.807, 2.05) is 31.9 Å². The summed E-state index contributed by atoms with van der Waals surface area (Å²) < 4.78 is 1.80. The van der Waals surface area contributed by atoms with E-state index in [4.69, 9.17) is 5.73 Å². The molecule has 0 unspecified atom stereocenters. The molecule has 86 valence electrons. The second kappa shape index (κ2) is 4.63. The van der Waals surface area contributed by atoms with Crippen LogP contribution in [0.5, 0.6) is 0 Å². The molecule has 2 aromatic heterocycles. The smallest absolute Gasteiger partial charge is 0.185 e. The number of thiazole rings is 1. The Labute approximate surface area is 98.5 Å². The first kappa shape index (κ1) is 11.1. The molecule has 16 heavy (non-hydrogen) atoms. The third-order valence-electron chi connectivity index (χ3n) is 2.25. The fraction of sp³-hybridized carbons (Fsp3) is 0.400. The predicted molar refractivity (Wildman–Crippen MR) is 65.3 cm³/mol. The van der Waals surface area contributed by atoms with Gasteiger partial charge in [0, 0.05) is 44.3 Å². The normalized spacial score (nSPS) is 10.7. The van der Waals surface area contributed by atoms with E-state index in [1.165, 1.54) is 5.56 Å². The minimum Gasteiger partial charge on any atom is -0.347 e. The molecule has 0 aliphatic rings. The molecule has 0 atom stereocenters. The van der Waals surface area contributed by atoms with Crippen molar-refractivity contribution in [3.05, 3.63) is 29.0 Å². The number of nitrogens with zero attached hydrogens (tertiary/aromatic N) is 4. The summed E-state index contributed by atoms with van der Waals surface area (Å²) in [4.78, 5) is 6.52. The fourth-order valence-corrected chi connectivity index (χ4v) is 2.27. The van der Waals surface area contributed by atoms with Gasteiger partial charge in [0.05, 0.1) is 11.9 Å². The van der Waals surface area contributed by atoms with Gasteiger partial charge in [0.2, 0.25) is 0 Å². The van der Waals surface area contributed by atoms with Gasteiger partial charge in [-0.15, -0.1) is 11.3 Å². The zero-order valence-corrected chi connectivity index (χ0v) is 10.2. The van der Waals surface area contributed by atoms with E-state index in [0.29, 0.717) is 6.54 Å². The van der Waals surface area contributed by atoms with Gasteiger partial charge in [0.15, 0.2) is 5.13 Å². The Morgan fingerprint density at radius 1 is 1.56 bits per heavy atom. The van der Waals surface area contributed by atoms with Crippen LogP contribution < -0.4 is 10.6 Å². The molecule has 0 spiro atoms. The minimum absolute atomic E-state index is 0.497. The van der Waals surface area contributed by atoms with Crippen molar-refractivity contribution in [1.29, 1.82) is 0 Å². The molecule has 2 aromatic rings. The Bertz CT molecular complexity index is 461. The van der Waals surface area contributed by atoms with Crippen LogP contribution in [0.4, 0.5) is 5.13 Å². The van der Waals surface area contributed by atoms with Gasteiger partial charge < -0.3 is 10.6 Å². The van der Waals surface area contributed by atoms with E-state index in [2.05, 4.69) is 15.0 Å². The van der Waals surface area contributed by atoms with Gasteiger partial charge in [-0.2, -0.15) is 5.10 Å². The van der Waals surface area contributed by atoms with Crippen molar-refractivity contribution in [2.75, 3.05) is 11.9 Å². The summed E-state index contributed by atoms with van der Waals surface area (Å²) in [6, 6.07) is 0. The fourth-order valence-electron chi connectivity index (χ4n) is 1.46. The average Bonchev–Trinajstić information content (AvgIpc) is 2.87. The number of anilines is 1. The molecular formula is C10H15N5S. The van der Waals surface area contributed by atoms with Gasteiger partial charge in [-0.3, -0.25) is 4.68 Å². The summed E-state index contributed by atoms with van der Waals surface area (Å²) in [6.07, 6.45) is 3.88. The Morgan fingerprint density at radius 2 is 2.38 bits per heavy atom. The lowest BCUT2D eigenvalue weighted by Gasteiger charge is -2.13. The van der Waals surface area contributed by atoms with Crippen LogP contribution >= 0.6 is 11.3 Å². The zero-order chi connectivity index (χ0) is 11.5. The molecule has 5 nitrogen and oxygen atoms in total. The summed E-state index contributed by atoms with van der Waals surface area (Å²) in [6.45, 7) is 1.31. The number of aromatic nitrogens is 3. The molecule has 0 aliphatic carbocycles. The lowest BCUT2D eigenvalue weighted by Crippen LogP contribution is -2.15. The van der Waals surface area contributed by atoms with Crippen LogP contribution in [0.2, 0.25) is 0 Å². The second-order valence-corrected chi connectivity index (χ2v) is 4.54. The van der Waals surface area contributed by atoms with Crippen molar-refractivity contribution < 1.29 is 0 Å². The molecule has 0 aliphatic heterocycles. The van der Waals surface area contributed by atoms with E-state index >= 15 is 0 Å². The maximum atomic E-state index is 5.53. The van der Waals surface area contributed by atoms with Crippen molar-refractivity contribution in [1.82, 2.24) is 14.8 Å². The molecule has 0 amide bonds. The predicted octanol–water partition coefficient (Wildman–Crippen LogP) is 0.972. The zero-order valence-electron chi connectivity index (χ0n) is 9.42. The van der Waals surface area contributed by atoms with Gasteiger partial charge >= 0.3 is 0 Å². The summed E-state index contributed by atoms with van der Waals surface area (Å²) in [5.41, 5.74) is 7.65. The summed E-state index contributed by atoms with van der Waals surface area (Å²) >= 11 is 1.62. The van der Waals surface area contributed by atoms with Crippen LogP contribution in [0.25, 0.3) is 0 Å². The molecule has 2 heterocycles. The molecule has 0 saturated carbocycles. The Kier molecular flexibility index (Phi) is 3.21. The highest BCUT2D eigenvalue weighted by molar-refractivity contribution is 7.13.